The number of aromatic nitrogens is 1. The van der Waals surface area contributed by atoms with Crippen LogP contribution in [0, 0.1) is 11.6 Å². The number of pyridine rings is 1. The molecule has 1 atom stereocenters. The van der Waals surface area contributed by atoms with Crippen LogP contribution in [0.5, 0.6) is 0 Å². The Bertz CT molecular complexity index is 573. The Morgan fingerprint density at radius 1 is 1.20 bits per heavy atom. The topological polar surface area (TPSA) is 24.9 Å². The van der Waals surface area contributed by atoms with Gasteiger partial charge in [0.2, 0.25) is 0 Å². The number of nitrogens with one attached hydrogen (secondary N) is 1. The van der Waals surface area contributed by atoms with Gasteiger partial charge in [-0.05, 0) is 53.2 Å². The average molecular weight is 341 g/mol. The van der Waals surface area contributed by atoms with Crippen LogP contribution < -0.4 is 5.32 Å². The molecule has 1 aromatic heterocycles. The molecule has 2 rings (SSSR count). The van der Waals surface area contributed by atoms with Crippen molar-refractivity contribution in [1.82, 2.24) is 10.3 Å². The Kier molecular flexibility index (Phi) is 5.20. The monoisotopic (exact) mass is 340 g/mol. The quantitative estimate of drug-likeness (QED) is 0.901. The summed E-state index contributed by atoms with van der Waals surface area (Å²) in [5.41, 5.74) is 1.43. The molecule has 2 aromatic rings. The van der Waals surface area contributed by atoms with Gasteiger partial charge in [-0.25, -0.2) is 8.78 Å². The van der Waals surface area contributed by atoms with Crippen molar-refractivity contribution in [2.24, 2.45) is 0 Å². The van der Waals surface area contributed by atoms with Gasteiger partial charge in [-0.1, -0.05) is 6.07 Å². The van der Waals surface area contributed by atoms with Crippen LogP contribution in [-0.4, -0.2) is 18.1 Å². The highest BCUT2D eigenvalue weighted by atomic mass is 79.9. The molecule has 0 aliphatic rings. The third kappa shape index (κ3) is 4.08. The lowest BCUT2D eigenvalue weighted by Crippen LogP contribution is -2.30. The second-order valence-corrected chi connectivity index (χ2v) is 5.51. The van der Waals surface area contributed by atoms with Crippen LogP contribution in [0.2, 0.25) is 0 Å². The summed E-state index contributed by atoms with van der Waals surface area (Å²) in [7, 11) is 1.82. The minimum atomic E-state index is -0.554. The molecule has 0 bridgehead atoms. The van der Waals surface area contributed by atoms with Gasteiger partial charge in [-0.2, -0.15) is 0 Å². The molecular weight excluding hydrogens is 326 g/mol. The number of halogens is 3. The van der Waals surface area contributed by atoms with Crippen LogP contribution in [0.15, 0.2) is 41.0 Å². The molecule has 1 aromatic carbocycles. The highest BCUT2D eigenvalue weighted by Crippen LogP contribution is 2.14. The molecule has 20 heavy (non-hydrogen) atoms. The molecule has 1 N–H and O–H groups in total. The van der Waals surface area contributed by atoms with Crippen molar-refractivity contribution in [1.29, 1.82) is 0 Å². The van der Waals surface area contributed by atoms with E-state index >= 15 is 0 Å². The lowest BCUT2D eigenvalue weighted by molar-refractivity contribution is 0.521. The lowest BCUT2D eigenvalue weighted by atomic mass is 10.0. The van der Waals surface area contributed by atoms with Crippen molar-refractivity contribution in [3.63, 3.8) is 0 Å². The average Bonchev–Trinajstić information content (AvgIpc) is 2.43. The van der Waals surface area contributed by atoms with E-state index < -0.39 is 11.6 Å². The van der Waals surface area contributed by atoms with Gasteiger partial charge in [0.25, 0.3) is 0 Å². The molecule has 106 valence electrons. The fourth-order valence-electron chi connectivity index (χ4n) is 2.01. The summed E-state index contributed by atoms with van der Waals surface area (Å²) in [6, 6.07) is 7.58. The molecule has 0 aliphatic carbocycles. The molecule has 1 unspecified atom stereocenters. The highest BCUT2D eigenvalue weighted by Gasteiger charge is 2.12. The largest absolute Gasteiger partial charge is 0.316 e. The van der Waals surface area contributed by atoms with E-state index in [1.54, 1.807) is 6.20 Å². The van der Waals surface area contributed by atoms with Crippen molar-refractivity contribution >= 4 is 15.9 Å². The maximum atomic E-state index is 13.6. The van der Waals surface area contributed by atoms with E-state index in [4.69, 9.17) is 0 Å². The zero-order valence-electron chi connectivity index (χ0n) is 11.0. The van der Waals surface area contributed by atoms with Crippen LogP contribution in [0.1, 0.15) is 11.3 Å². The molecule has 0 saturated carbocycles. The van der Waals surface area contributed by atoms with E-state index in [2.05, 4.69) is 26.2 Å². The maximum Gasteiger partial charge on any atom is 0.129 e. The Balaban J connectivity index is 2.07. The molecular formula is C15H15BrF2N2. The summed E-state index contributed by atoms with van der Waals surface area (Å²) in [6.07, 6.45) is 2.90. The van der Waals surface area contributed by atoms with E-state index in [1.165, 1.54) is 12.1 Å². The molecule has 0 saturated heterocycles. The first-order chi connectivity index (χ1) is 9.58. The van der Waals surface area contributed by atoms with Gasteiger partial charge in [0.15, 0.2) is 0 Å². The summed E-state index contributed by atoms with van der Waals surface area (Å²) in [5.74, 6) is -1.06. The Hall–Kier alpha value is -1.33. The number of benzene rings is 1. The van der Waals surface area contributed by atoms with Crippen molar-refractivity contribution < 1.29 is 8.78 Å². The van der Waals surface area contributed by atoms with Gasteiger partial charge in [-0.15, -0.1) is 0 Å². The predicted molar refractivity (Wildman–Crippen MR) is 78.6 cm³/mol. The van der Waals surface area contributed by atoms with Gasteiger partial charge in [0, 0.05) is 34.9 Å². The van der Waals surface area contributed by atoms with Crippen molar-refractivity contribution in [2.45, 2.75) is 18.9 Å². The Labute approximate surface area is 125 Å². The fraction of sp³-hybridized carbons (Fsp3) is 0.267. The van der Waals surface area contributed by atoms with E-state index in [1.807, 2.05) is 19.2 Å². The van der Waals surface area contributed by atoms with Gasteiger partial charge in [-0.3, -0.25) is 4.98 Å². The number of likely N-dealkylation sites (N-methyl/N-ethyl adjacent to an activating group) is 1. The zero-order valence-corrected chi connectivity index (χ0v) is 12.6. The molecule has 2 nitrogen and oxygen atoms in total. The van der Waals surface area contributed by atoms with Crippen LogP contribution in [-0.2, 0) is 12.8 Å². The van der Waals surface area contributed by atoms with E-state index in [0.29, 0.717) is 18.4 Å². The predicted octanol–water partition coefficient (Wildman–Crippen LogP) is 3.50. The molecule has 0 spiro atoms. The Morgan fingerprint density at radius 3 is 2.60 bits per heavy atom. The molecule has 0 fully saturated rings. The normalized spacial score (nSPS) is 12.4. The van der Waals surface area contributed by atoms with Crippen molar-refractivity contribution in [3.05, 3.63) is 63.9 Å². The Morgan fingerprint density at radius 2 is 2.00 bits per heavy atom. The summed E-state index contributed by atoms with van der Waals surface area (Å²) < 4.78 is 27.5. The fourth-order valence-corrected chi connectivity index (χ4v) is 2.24. The first-order valence-electron chi connectivity index (χ1n) is 6.30. The third-order valence-electron chi connectivity index (χ3n) is 3.13. The van der Waals surface area contributed by atoms with Gasteiger partial charge in [0.1, 0.15) is 11.6 Å². The molecule has 5 heteroatoms. The highest BCUT2D eigenvalue weighted by molar-refractivity contribution is 9.10. The molecule has 0 radical (unpaired) electrons. The second-order valence-electron chi connectivity index (χ2n) is 4.60. The smallest absolute Gasteiger partial charge is 0.129 e. The summed E-state index contributed by atoms with van der Waals surface area (Å²) in [5, 5.41) is 3.14. The number of nitrogens with zero attached hydrogens (tertiary/aromatic N) is 1. The minimum Gasteiger partial charge on any atom is -0.316 e. The van der Waals surface area contributed by atoms with Gasteiger partial charge in [0.05, 0.1) is 0 Å². The standard InChI is InChI=1S/C15H15BrF2N2/c1-19-14(8-13-5-3-11(16)9-20-13)6-10-2-4-12(17)7-15(10)18/h2-5,7,9,14,19H,6,8H2,1H3. The van der Waals surface area contributed by atoms with Crippen LogP contribution in [0.25, 0.3) is 0 Å². The number of hydrogen-bond acceptors (Lipinski definition) is 2. The third-order valence-corrected chi connectivity index (χ3v) is 3.60. The molecule has 1 heterocycles. The van der Waals surface area contributed by atoms with E-state index in [-0.39, 0.29) is 6.04 Å². The zero-order chi connectivity index (χ0) is 14.5. The summed E-state index contributed by atoms with van der Waals surface area (Å²) in [4.78, 5) is 4.30. The maximum absolute atomic E-state index is 13.6. The first-order valence-corrected chi connectivity index (χ1v) is 7.09. The van der Waals surface area contributed by atoms with E-state index in [9.17, 15) is 8.78 Å². The summed E-state index contributed by atoms with van der Waals surface area (Å²) in [6.45, 7) is 0. The minimum absolute atomic E-state index is 0.0450. The van der Waals surface area contributed by atoms with Gasteiger partial charge >= 0.3 is 0 Å². The van der Waals surface area contributed by atoms with Crippen LogP contribution >= 0.6 is 15.9 Å². The van der Waals surface area contributed by atoms with Crippen LogP contribution in [0.3, 0.4) is 0 Å². The summed E-state index contributed by atoms with van der Waals surface area (Å²) >= 11 is 3.34. The first kappa shape index (κ1) is 15.1. The molecule has 0 aliphatic heterocycles. The van der Waals surface area contributed by atoms with E-state index in [0.717, 1.165) is 16.2 Å². The number of rotatable bonds is 5. The second kappa shape index (κ2) is 6.90. The van der Waals surface area contributed by atoms with Crippen molar-refractivity contribution in [3.8, 4) is 0 Å². The van der Waals surface area contributed by atoms with Crippen LogP contribution in [0.4, 0.5) is 8.78 Å². The SMILES string of the molecule is CNC(Cc1ccc(Br)cn1)Cc1ccc(F)cc1F. The van der Waals surface area contributed by atoms with Crippen molar-refractivity contribution in [2.75, 3.05) is 7.05 Å². The van der Waals surface area contributed by atoms with Gasteiger partial charge < -0.3 is 5.32 Å². The molecule has 0 amide bonds. The lowest BCUT2D eigenvalue weighted by Gasteiger charge is -2.16. The number of hydrogen-bond donors (Lipinski definition) is 1.